The Morgan fingerprint density at radius 1 is 1.29 bits per heavy atom. The lowest BCUT2D eigenvalue weighted by molar-refractivity contribution is 0.728. The molecule has 0 unspecified atom stereocenters. The summed E-state index contributed by atoms with van der Waals surface area (Å²) >= 11 is 0. The standard InChI is InChI=1S/C6H11.C/c1-3-5-6-4-2;/h3-6H2,1H3;. The predicted molar refractivity (Wildman–Crippen MR) is 30.6 cm³/mol. The average molecular weight is 95.2 g/mol. The molecule has 0 nitrogen and oxygen atoms in total. The summed E-state index contributed by atoms with van der Waals surface area (Å²) in [6.07, 6.45) is 4.15. The molecule has 0 aliphatic heterocycles. The Labute approximate surface area is 47.9 Å². The summed E-state index contributed by atoms with van der Waals surface area (Å²) in [5.74, 6) is 0. The van der Waals surface area contributed by atoms with E-state index in [0.717, 1.165) is 6.42 Å². The van der Waals surface area contributed by atoms with Gasteiger partial charge in [0.15, 0.2) is 0 Å². The Morgan fingerprint density at radius 3 is 2.00 bits per heavy atom. The lowest BCUT2D eigenvalue weighted by Gasteiger charge is -1.85. The largest absolute Gasteiger partial charge is 0.0654 e. The summed E-state index contributed by atoms with van der Waals surface area (Å²) < 4.78 is 0. The van der Waals surface area contributed by atoms with Gasteiger partial charge in [-0.1, -0.05) is 26.2 Å². The van der Waals surface area contributed by atoms with E-state index < -0.39 is 0 Å². The molecule has 0 bridgehead atoms. The van der Waals surface area contributed by atoms with E-state index in [9.17, 15) is 0 Å². The van der Waals surface area contributed by atoms with Crippen LogP contribution in [-0.2, 0) is 0 Å². The summed E-state index contributed by atoms with van der Waals surface area (Å²) in [6, 6.07) is 0. The molecule has 0 aromatic heterocycles. The zero-order chi connectivity index (χ0) is 4.83. The van der Waals surface area contributed by atoms with Crippen molar-refractivity contribution in [2.45, 2.75) is 32.6 Å². The molecule has 0 atom stereocenters. The molecule has 0 rings (SSSR count). The highest BCUT2D eigenvalue weighted by molar-refractivity contribution is 4.38. The third kappa shape index (κ3) is 10.7. The van der Waals surface area contributed by atoms with Crippen molar-refractivity contribution in [3.8, 4) is 0 Å². The number of hydrogen-bond donors (Lipinski definition) is 0. The van der Waals surface area contributed by atoms with Crippen molar-refractivity contribution < 1.29 is 0 Å². The van der Waals surface area contributed by atoms with Gasteiger partial charge in [0, 0.05) is 7.43 Å². The summed E-state index contributed by atoms with van der Waals surface area (Å²) in [6.45, 7) is 8.85. The highest BCUT2D eigenvalue weighted by Gasteiger charge is 1.75. The van der Waals surface area contributed by atoms with Crippen LogP contribution in [0.4, 0.5) is 0 Å². The molecule has 0 aromatic carbocycles. The van der Waals surface area contributed by atoms with Gasteiger partial charge in [0.05, 0.1) is 0 Å². The van der Waals surface area contributed by atoms with Crippen molar-refractivity contribution in [3.63, 3.8) is 0 Å². The van der Waals surface area contributed by atoms with Gasteiger partial charge in [0.25, 0.3) is 0 Å². The van der Waals surface area contributed by atoms with Gasteiger partial charge in [-0.15, -0.1) is 0 Å². The van der Waals surface area contributed by atoms with Crippen LogP contribution in [0.15, 0.2) is 0 Å². The summed E-state index contributed by atoms with van der Waals surface area (Å²) in [7, 11) is 0. The SMILES string of the molecule is [C].[C]CCCCC. The second kappa shape index (κ2) is 9.38. The molecule has 0 saturated heterocycles. The van der Waals surface area contributed by atoms with Gasteiger partial charge in [-0.05, 0) is 13.3 Å². The van der Waals surface area contributed by atoms with Gasteiger partial charge in [0.2, 0.25) is 0 Å². The molecule has 0 saturated carbocycles. The molecular weight excluding hydrogens is 84.1 g/mol. The van der Waals surface area contributed by atoms with Crippen LogP contribution in [0, 0.1) is 14.4 Å². The Hall–Kier alpha value is 0. The van der Waals surface area contributed by atoms with Crippen molar-refractivity contribution in [1.29, 1.82) is 0 Å². The quantitative estimate of drug-likeness (QED) is 0.471. The fourth-order valence-electron chi connectivity index (χ4n) is 0.375. The van der Waals surface area contributed by atoms with Crippen LogP contribution in [0.1, 0.15) is 32.6 Å². The topological polar surface area (TPSA) is 0 Å². The van der Waals surface area contributed by atoms with Gasteiger partial charge < -0.3 is 0 Å². The third-order valence-corrected chi connectivity index (χ3v) is 0.780. The maximum Gasteiger partial charge on any atom is 0 e. The number of rotatable bonds is 3. The monoisotopic (exact) mass is 95.1 g/mol. The lowest BCUT2D eigenvalue weighted by atomic mass is 10.2. The van der Waals surface area contributed by atoms with Crippen molar-refractivity contribution in [3.05, 3.63) is 14.4 Å². The maximum absolute atomic E-state index is 6.71. The van der Waals surface area contributed by atoms with E-state index >= 15 is 0 Å². The molecule has 7 radical (unpaired) electrons. The minimum absolute atomic E-state index is 0. The molecule has 0 spiro atoms. The molecule has 39 valence electrons. The number of hydrogen-bond acceptors (Lipinski definition) is 0. The van der Waals surface area contributed by atoms with Crippen LogP contribution < -0.4 is 0 Å². The minimum Gasteiger partial charge on any atom is -0.0654 e. The summed E-state index contributed by atoms with van der Waals surface area (Å²) in [5.41, 5.74) is 0. The van der Waals surface area contributed by atoms with Gasteiger partial charge in [0.1, 0.15) is 0 Å². The fourth-order valence-corrected chi connectivity index (χ4v) is 0.375. The molecule has 0 heterocycles. The second-order valence-corrected chi connectivity index (χ2v) is 1.46. The molecule has 0 amide bonds. The van der Waals surface area contributed by atoms with E-state index in [1.807, 2.05) is 0 Å². The lowest BCUT2D eigenvalue weighted by Crippen LogP contribution is -1.66. The molecular formula is C7H11. The smallest absolute Gasteiger partial charge is 0 e. The van der Waals surface area contributed by atoms with Crippen LogP contribution in [0.25, 0.3) is 0 Å². The maximum atomic E-state index is 6.71. The van der Waals surface area contributed by atoms with Gasteiger partial charge >= 0.3 is 0 Å². The highest BCUT2D eigenvalue weighted by atomic mass is 13.8. The van der Waals surface area contributed by atoms with Gasteiger partial charge in [-0.2, -0.15) is 0 Å². The van der Waals surface area contributed by atoms with E-state index in [1.165, 1.54) is 12.8 Å². The molecule has 0 aliphatic rings. The predicted octanol–water partition coefficient (Wildman–Crippen LogP) is 2.24. The molecule has 0 heteroatoms. The van der Waals surface area contributed by atoms with E-state index in [2.05, 4.69) is 6.92 Å². The first-order valence-corrected chi connectivity index (χ1v) is 2.56. The van der Waals surface area contributed by atoms with Crippen molar-refractivity contribution in [1.82, 2.24) is 0 Å². The van der Waals surface area contributed by atoms with Crippen LogP contribution in [0.2, 0.25) is 0 Å². The van der Waals surface area contributed by atoms with Crippen LogP contribution >= 0.6 is 0 Å². The minimum atomic E-state index is 0. The Balaban J connectivity index is 0. The van der Waals surface area contributed by atoms with Gasteiger partial charge in [-0.25, -0.2) is 0 Å². The van der Waals surface area contributed by atoms with Crippen LogP contribution in [0.5, 0.6) is 0 Å². The van der Waals surface area contributed by atoms with E-state index in [0.29, 0.717) is 6.42 Å². The Bertz CT molecular complexity index is 12.0. The normalized spacial score (nSPS) is 7.71. The van der Waals surface area contributed by atoms with Crippen molar-refractivity contribution in [2.75, 3.05) is 0 Å². The highest BCUT2D eigenvalue weighted by Crippen LogP contribution is 1.95. The summed E-state index contributed by atoms with van der Waals surface area (Å²) in [4.78, 5) is 0. The van der Waals surface area contributed by atoms with E-state index in [1.54, 1.807) is 0 Å². The van der Waals surface area contributed by atoms with Crippen molar-refractivity contribution in [2.24, 2.45) is 0 Å². The van der Waals surface area contributed by atoms with Crippen LogP contribution in [0.3, 0.4) is 0 Å². The van der Waals surface area contributed by atoms with E-state index in [-0.39, 0.29) is 7.43 Å². The first-order valence-electron chi connectivity index (χ1n) is 2.56. The van der Waals surface area contributed by atoms with Crippen LogP contribution in [-0.4, -0.2) is 0 Å². The first-order chi connectivity index (χ1) is 2.91. The van der Waals surface area contributed by atoms with Crippen molar-refractivity contribution >= 4 is 0 Å². The summed E-state index contributed by atoms with van der Waals surface area (Å²) in [5, 5.41) is 0. The third-order valence-electron chi connectivity index (χ3n) is 0.780. The molecule has 7 heavy (non-hydrogen) atoms. The fraction of sp³-hybridized carbons (Fsp3) is 0.714. The average Bonchev–Trinajstić information content (AvgIpc) is 1.61. The Kier molecular flexibility index (Phi) is 13.5. The zero-order valence-corrected chi connectivity index (χ0v) is 4.83. The zero-order valence-electron chi connectivity index (χ0n) is 4.83. The van der Waals surface area contributed by atoms with E-state index in [4.69, 9.17) is 6.92 Å². The Morgan fingerprint density at radius 2 is 1.86 bits per heavy atom. The first kappa shape index (κ1) is 10.1. The molecule has 0 fully saturated rings. The second-order valence-electron chi connectivity index (χ2n) is 1.46. The number of unbranched alkanes of at least 4 members (excludes halogenated alkanes) is 3. The van der Waals surface area contributed by atoms with Gasteiger partial charge in [-0.3, -0.25) is 0 Å². The molecule has 0 aliphatic carbocycles. The molecule has 0 N–H and O–H groups in total. The molecule has 0 aromatic rings.